The van der Waals surface area contributed by atoms with Crippen molar-refractivity contribution in [3.63, 3.8) is 0 Å². The third-order valence-corrected chi connectivity index (χ3v) is 4.84. The predicted molar refractivity (Wildman–Crippen MR) is 89.6 cm³/mol. The van der Waals surface area contributed by atoms with E-state index in [1.807, 2.05) is 19.9 Å². The third-order valence-electron chi connectivity index (χ3n) is 4.84. The Morgan fingerprint density at radius 1 is 1.39 bits per heavy atom. The molecule has 3 nitrogen and oxygen atoms in total. The maximum absolute atomic E-state index is 13.6. The van der Waals surface area contributed by atoms with Crippen LogP contribution in [0.1, 0.15) is 58.4 Å². The number of rotatable bonds is 6. The molecule has 0 heterocycles. The van der Waals surface area contributed by atoms with Crippen LogP contribution in [0, 0.1) is 11.2 Å². The molecule has 0 spiro atoms. The molecule has 1 fully saturated rings. The van der Waals surface area contributed by atoms with Gasteiger partial charge in [0.25, 0.3) is 0 Å². The highest BCUT2D eigenvalue weighted by Gasteiger charge is 2.43. The van der Waals surface area contributed by atoms with Crippen LogP contribution in [-0.4, -0.2) is 23.7 Å². The zero-order valence-electron chi connectivity index (χ0n) is 14.4. The lowest BCUT2D eigenvalue weighted by molar-refractivity contribution is -0.127. The smallest absolute Gasteiger partial charge is 0.230 e. The van der Waals surface area contributed by atoms with Gasteiger partial charge < -0.3 is 10.4 Å². The second kappa shape index (κ2) is 7.00. The molecule has 0 bridgehead atoms. The van der Waals surface area contributed by atoms with E-state index in [0.29, 0.717) is 13.0 Å². The van der Waals surface area contributed by atoms with Crippen molar-refractivity contribution in [3.8, 4) is 0 Å². The first kappa shape index (κ1) is 17.9. The standard InChI is InChI=1S/C19H28FNO2/c1-14(22)12-18(2,3)13-21-17(23)19(9-4-5-10-19)15-7-6-8-16(20)11-15/h6-8,11,14,22H,4-5,9-10,12-13H2,1-3H3,(H,21,23). The fourth-order valence-corrected chi connectivity index (χ4v) is 3.77. The Kier molecular flexibility index (Phi) is 5.45. The average molecular weight is 321 g/mol. The lowest BCUT2D eigenvalue weighted by atomic mass is 9.77. The van der Waals surface area contributed by atoms with Gasteiger partial charge in [0.1, 0.15) is 5.82 Å². The molecule has 128 valence electrons. The molecule has 1 aromatic carbocycles. The van der Waals surface area contributed by atoms with E-state index in [2.05, 4.69) is 5.32 Å². The lowest BCUT2D eigenvalue weighted by Crippen LogP contribution is -2.46. The van der Waals surface area contributed by atoms with Crippen LogP contribution < -0.4 is 5.32 Å². The number of benzene rings is 1. The van der Waals surface area contributed by atoms with E-state index >= 15 is 0 Å². The van der Waals surface area contributed by atoms with E-state index in [4.69, 9.17) is 0 Å². The average Bonchev–Trinajstić information content (AvgIpc) is 2.94. The Bertz CT molecular complexity index is 548. The van der Waals surface area contributed by atoms with Crippen LogP contribution in [0.4, 0.5) is 4.39 Å². The van der Waals surface area contributed by atoms with Crippen LogP contribution in [0.25, 0.3) is 0 Å². The maximum atomic E-state index is 13.6. The van der Waals surface area contributed by atoms with E-state index in [9.17, 15) is 14.3 Å². The second-order valence-electron chi connectivity index (χ2n) is 7.70. The van der Waals surface area contributed by atoms with Gasteiger partial charge in [-0.2, -0.15) is 0 Å². The zero-order chi connectivity index (χ0) is 17.1. The number of hydrogen-bond acceptors (Lipinski definition) is 2. The van der Waals surface area contributed by atoms with Gasteiger partial charge in [0.05, 0.1) is 11.5 Å². The number of hydrogen-bond donors (Lipinski definition) is 2. The van der Waals surface area contributed by atoms with Crippen LogP contribution in [0.2, 0.25) is 0 Å². The highest BCUT2D eigenvalue weighted by atomic mass is 19.1. The molecule has 23 heavy (non-hydrogen) atoms. The van der Waals surface area contributed by atoms with Crippen LogP contribution in [0.3, 0.4) is 0 Å². The van der Waals surface area contributed by atoms with Crippen molar-refractivity contribution in [1.82, 2.24) is 5.32 Å². The molecule has 1 saturated carbocycles. The fourth-order valence-electron chi connectivity index (χ4n) is 3.77. The summed E-state index contributed by atoms with van der Waals surface area (Å²) in [7, 11) is 0. The van der Waals surface area contributed by atoms with E-state index in [1.54, 1.807) is 13.0 Å². The monoisotopic (exact) mass is 321 g/mol. The Balaban J connectivity index is 2.14. The molecule has 0 aliphatic heterocycles. The fraction of sp³-hybridized carbons (Fsp3) is 0.632. The van der Waals surface area contributed by atoms with Gasteiger partial charge in [-0.3, -0.25) is 4.79 Å². The largest absolute Gasteiger partial charge is 0.393 e. The van der Waals surface area contributed by atoms with Gasteiger partial charge in [-0.05, 0) is 49.3 Å². The lowest BCUT2D eigenvalue weighted by Gasteiger charge is -2.32. The van der Waals surface area contributed by atoms with Crippen molar-refractivity contribution < 1.29 is 14.3 Å². The van der Waals surface area contributed by atoms with Crippen LogP contribution in [0.15, 0.2) is 24.3 Å². The number of halogens is 1. The van der Waals surface area contributed by atoms with E-state index in [0.717, 1.165) is 31.2 Å². The van der Waals surface area contributed by atoms with Crippen molar-refractivity contribution in [2.75, 3.05) is 6.54 Å². The molecule has 1 aromatic rings. The summed E-state index contributed by atoms with van der Waals surface area (Å²) in [4.78, 5) is 12.9. The highest BCUT2D eigenvalue weighted by Crippen LogP contribution is 2.41. The highest BCUT2D eigenvalue weighted by molar-refractivity contribution is 5.88. The molecule has 1 amide bonds. The molecule has 0 aromatic heterocycles. The van der Waals surface area contributed by atoms with Crippen molar-refractivity contribution in [3.05, 3.63) is 35.6 Å². The van der Waals surface area contributed by atoms with Crippen molar-refractivity contribution in [2.24, 2.45) is 5.41 Å². The molecule has 4 heteroatoms. The minimum atomic E-state index is -0.608. The topological polar surface area (TPSA) is 49.3 Å². The number of carbonyl (C=O) groups excluding carboxylic acids is 1. The molecule has 1 aliphatic carbocycles. The van der Waals surface area contributed by atoms with Gasteiger partial charge in [0.15, 0.2) is 0 Å². The number of carbonyl (C=O) groups is 1. The Hall–Kier alpha value is -1.42. The molecule has 2 N–H and O–H groups in total. The van der Waals surface area contributed by atoms with Crippen molar-refractivity contribution >= 4 is 5.91 Å². The first-order valence-corrected chi connectivity index (χ1v) is 8.48. The summed E-state index contributed by atoms with van der Waals surface area (Å²) < 4.78 is 13.6. The normalized spacial score (nSPS) is 18.7. The molecule has 1 unspecified atom stereocenters. The zero-order valence-corrected chi connectivity index (χ0v) is 14.4. The van der Waals surface area contributed by atoms with Gasteiger partial charge in [-0.1, -0.05) is 38.8 Å². The Labute approximate surface area is 138 Å². The number of amides is 1. The van der Waals surface area contributed by atoms with Crippen molar-refractivity contribution in [1.29, 1.82) is 0 Å². The summed E-state index contributed by atoms with van der Waals surface area (Å²) >= 11 is 0. The quantitative estimate of drug-likeness (QED) is 0.842. The van der Waals surface area contributed by atoms with Crippen LogP contribution >= 0.6 is 0 Å². The summed E-state index contributed by atoms with van der Waals surface area (Å²) in [6.07, 6.45) is 3.73. The van der Waals surface area contributed by atoms with E-state index in [-0.39, 0.29) is 17.1 Å². The van der Waals surface area contributed by atoms with E-state index in [1.165, 1.54) is 12.1 Å². The van der Waals surface area contributed by atoms with E-state index < -0.39 is 11.5 Å². The minimum absolute atomic E-state index is 0.0146. The summed E-state index contributed by atoms with van der Waals surface area (Å²) in [6, 6.07) is 6.44. The summed E-state index contributed by atoms with van der Waals surface area (Å²) in [6.45, 7) is 6.33. The van der Waals surface area contributed by atoms with Gasteiger partial charge in [-0.15, -0.1) is 0 Å². The molecular formula is C19H28FNO2. The van der Waals surface area contributed by atoms with Crippen molar-refractivity contribution in [2.45, 2.75) is 64.4 Å². The molecule has 2 rings (SSSR count). The molecule has 1 aliphatic rings. The Morgan fingerprint density at radius 2 is 2.04 bits per heavy atom. The van der Waals surface area contributed by atoms with Gasteiger partial charge in [0.2, 0.25) is 5.91 Å². The number of nitrogens with one attached hydrogen (secondary N) is 1. The number of aliphatic hydroxyl groups is 1. The van der Waals surface area contributed by atoms with Crippen LogP contribution in [-0.2, 0) is 10.2 Å². The molecule has 0 saturated heterocycles. The van der Waals surface area contributed by atoms with Gasteiger partial charge >= 0.3 is 0 Å². The van der Waals surface area contributed by atoms with Crippen LogP contribution in [0.5, 0.6) is 0 Å². The third kappa shape index (κ3) is 4.31. The first-order chi connectivity index (χ1) is 10.8. The summed E-state index contributed by atoms with van der Waals surface area (Å²) in [5, 5.41) is 12.6. The molecular weight excluding hydrogens is 293 g/mol. The van der Waals surface area contributed by atoms with Gasteiger partial charge in [-0.25, -0.2) is 4.39 Å². The SMILES string of the molecule is CC(O)CC(C)(C)CNC(=O)C1(c2cccc(F)c2)CCCC1. The summed E-state index contributed by atoms with van der Waals surface area (Å²) in [5.74, 6) is -0.310. The minimum Gasteiger partial charge on any atom is -0.393 e. The Morgan fingerprint density at radius 3 is 2.61 bits per heavy atom. The maximum Gasteiger partial charge on any atom is 0.230 e. The van der Waals surface area contributed by atoms with Gasteiger partial charge in [0, 0.05) is 6.54 Å². The number of aliphatic hydroxyl groups excluding tert-OH is 1. The molecule has 0 radical (unpaired) electrons. The predicted octanol–water partition coefficient (Wildman–Crippen LogP) is 3.55. The summed E-state index contributed by atoms with van der Waals surface area (Å²) in [5.41, 5.74) is -0.00462. The second-order valence-corrected chi connectivity index (χ2v) is 7.70. The molecule has 1 atom stereocenters. The first-order valence-electron chi connectivity index (χ1n) is 8.48.